The maximum atomic E-state index is 5.61. The molecular formula is C7H7ClO. The lowest BCUT2D eigenvalue weighted by Gasteiger charge is -1.96. The first-order valence-electron chi connectivity index (χ1n) is 2.62. The van der Waals surface area contributed by atoms with Crippen molar-refractivity contribution >= 4 is 11.6 Å². The summed E-state index contributed by atoms with van der Waals surface area (Å²) in [6.45, 7) is 0. The van der Waals surface area contributed by atoms with Crippen LogP contribution < -0.4 is 4.74 Å². The summed E-state index contributed by atoms with van der Waals surface area (Å²) in [6, 6.07) is 7.23. The molecule has 0 aromatic heterocycles. The third kappa shape index (κ3) is 1.61. The van der Waals surface area contributed by atoms with Gasteiger partial charge >= 0.3 is 0 Å². The third-order valence-corrected chi connectivity index (χ3v) is 1.30. The molecule has 0 N–H and O–H groups in total. The van der Waals surface area contributed by atoms with Crippen molar-refractivity contribution < 1.29 is 4.74 Å². The van der Waals surface area contributed by atoms with Gasteiger partial charge in [0, 0.05) is 5.02 Å². The molecule has 0 atom stereocenters. The van der Waals surface area contributed by atoms with Crippen LogP contribution in [-0.4, -0.2) is 7.11 Å². The number of ether oxygens (including phenoxy) is 1. The Balaban J connectivity index is 2.88. The smallest absolute Gasteiger partial charge is 0.118 e. The van der Waals surface area contributed by atoms with Crippen LogP contribution in [0, 0.1) is 0 Å². The molecule has 2 heteroatoms. The van der Waals surface area contributed by atoms with Gasteiger partial charge in [0.2, 0.25) is 0 Å². The zero-order valence-electron chi connectivity index (χ0n) is 5.10. The fraction of sp³-hybridized carbons (Fsp3) is 0.143. The lowest BCUT2D eigenvalue weighted by Crippen LogP contribution is -1.79. The van der Waals surface area contributed by atoms with E-state index in [1.807, 2.05) is 12.1 Å². The second-order valence-corrected chi connectivity index (χ2v) is 2.09. The predicted octanol–water partition coefficient (Wildman–Crippen LogP) is 2.35. The molecule has 0 spiro atoms. The Morgan fingerprint density at radius 2 is 1.78 bits per heavy atom. The number of rotatable bonds is 1. The van der Waals surface area contributed by atoms with E-state index in [1.54, 1.807) is 19.2 Å². The highest BCUT2D eigenvalue weighted by Crippen LogP contribution is 2.14. The Morgan fingerprint density at radius 3 is 2.22 bits per heavy atom. The highest BCUT2D eigenvalue weighted by molar-refractivity contribution is 6.30. The Labute approximate surface area is 59.2 Å². The van der Waals surface area contributed by atoms with Crippen LogP contribution >= 0.6 is 11.6 Å². The van der Waals surface area contributed by atoms with Gasteiger partial charge in [-0.05, 0) is 24.3 Å². The van der Waals surface area contributed by atoms with Crippen LogP contribution in [-0.2, 0) is 0 Å². The van der Waals surface area contributed by atoms with E-state index in [-0.39, 0.29) is 0 Å². The Bertz CT molecular complexity index is 181. The van der Waals surface area contributed by atoms with Crippen molar-refractivity contribution in [2.45, 2.75) is 0 Å². The van der Waals surface area contributed by atoms with Crippen LogP contribution in [0.4, 0.5) is 0 Å². The van der Waals surface area contributed by atoms with Gasteiger partial charge in [-0.3, -0.25) is 0 Å². The van der Waals surface area contributed by atoms with Crippen LogP contribution in [0.25, 0.3) is 0 Å². The highest BCUT2D eigenvalue weighted by Gasteiger charge is 1.87. The lowest BCUT2D eigenvalue weighted by molar-refractivity contribution is 0.415. The molecule has 0 fully saturated rings. The van der Waals surface area contributed by atoms with Crippen molar-refractivity contribution in [3.05, 3.63) is 29.3 Å². The zero-order chi connectivity index (χ0) is 6.69. The van der Waals surface area contributed by atoms with Crippen molar-refractivity contribution in [2.75, 3.05) is 7.11 Å². The summed E-state index contributed by atoms with van der Waals surface area (Å²) in [5, 5.41) is 0.732. The van der Waals surface area contributed by atoms with Crippen LogP contribution in [0.5, 0.6) is 5.75 Å². The Morgan fingerprint density at radius 1 is 1.22 bits per heavy atom. The van der Waals surface area contributed by atoms with Gasteiger partial charge in [0.05, 0.1) is 7.11 Å². The predicted molar refractivity (Wildman–Crippen MR) is 38.0 cm³/mol. The zero-order valence-corrected chi connectivity index (χ0v) is 5.85. The Kier molecular flexibility index (Phi) is 1.96. The molecule has 1 nitrogen and oxygen atoms in total. The van der Waals surface area contributed by atoms with Gasteiger partial charge in [-0.2, -0.15) is 0 Å². The number of methoxy groups -OCH3 is 1. The standard InChI is InChI=1S/C7H7ClO/c1-9-7-4-2-6(8)3-5-7/h2-5H,1H3. The molecule has 0 radical (unpaired) electrons. The molecule has 0 aliphatic heterocycles. The largest absolute Gasteiger partial charge is 0.497 e. The first-order chi connectivity index (χ1) is 4.33. The van der Waals surface area contributed by atoms with Crippen molar-refractivity contribution in [1.29, 1.82) is 0 Å². The first kappa shape index (κ1) is 6.43. The van der Waals surface area contributed by atoms with E-state index in [9.17, 15) is 0 Å². The monoisotopic (exact) mass is 142 g/mol. The quantitative estimate of drug-likeness (QED) is 0.585. The van der Waals surface area contributed by atoms with Gasteiger partial charge in [-0.1, -0.05) is 11.6 Å². The average Bonchev–Trinajstić information content (AvgIpc) is 1.90. The van der Waals surface area contributed by atoms with E-state index >= 15 is 0 Å². The molecule has 1 aromatic rings. The van der Waals surface area contributed by atoms with Gasteiger partial charge in [0.15, 0.2) is 0 Å². The number of hydrogen-bond acceptors (Lipinski definition) is 1. The summed E-state index contributed by atoms with van der Waals surface area (Å²) in [5.41, 5.74) is 0. The minimum absolute atomic E-state index is 0.732. The first-order valence-corrected chi connectivity index (χ1v) is 3.00. The molecule has 0 saturated heterocycles. The van der Waals surface area contributed by atoms with Crippen molar-refractivity contribution in [2.24, 2.45) is 0 Å². The topological polar surface area (TPSA) is 9.23 Å². The molecule has 0 amide bonds. The number of hydrogen-bond donors (Lipinski definition) is 0. The van der Waals surface area contributed by atoms with Crippen LogP contribution in [0.3, 0.4) is 0 Å². The maximum absolute atomic E-state index is 5.61. The van der Waals surface area contributed by atoms with Crippen molar-refractivity contribution in [3.63, 3.8) is 0 Å². The summed E-state index contributed by atoms with van der Waals surface area (Å²) < 4.78 is 4.91. The SMILES string of the molecule is COc1ccc(Cl)cc1. The van der Waals surface area contributed by atoms with Crippen LogP contribution in [0.15, 0.2) is 24.3 Å². The second-order valence-electron chi connectivity index (χ2n) is 1.66. The van der Waals surface area contributed by atoms with Crippen LogP contribution in [0.2, 0.25) is 5.02 Å². The van der Waals surface area contributed by atoms with E-state index < -0.39 is 0 Å². The Hall–Kier alpha value is -0.690. The molecule has 0 aliphatic carbocycles. The van der Waals surface area contributed by atoms with Gasteiger partial charge in [0.1, 0.15) is 5.75 Å². The molecule has 1 aromatic carbocycles. The molecule has 0 saturated carbocycles. The average molecular weight is 143 g/mol. The summed E-state index contributed by atoms with van der Waals surface area (Å²) in [4.78, 5) is 0. The third-order valence-electron chi connectivity index (χ3n) is 1.05. The fourth-order valence-electron chi connectivity index (χ4n) is 0.571. The molecule has 48 valence electrons. The second kappa shape index (κ2) is 2.74. The highest BCUT2D eigenvalue weighted by atomic mass is 35.5. The van der Waals surface area contributed by atoms with Crippen LogP contribution in [0.1, 0.15) is 0 Å². The van der Waals surface area contributed by atoms with E-state index in [4.69, 9.17) is 16.3 Å². The number of halogens is 1. The van der Waals surface area contributed by atoms with Gasteiger partial charge in [-0.25, -0.2) is 0 Å². The lowest BCUT2D eigenvalue weighted by atomic mass is 10.3. The summed E-state index contributed by atoms with van der Waals surface area (Å²) in [5.74, 6) is 0.833. The molecule has 0 bridgehead atoms. The summed E-state index contributed by atoms with van der Waals surface area (Å²) >= 11 is 5.61. The minimum Gasteiger partial charge on any atom is -0.497 e. The van der Waals surface area contributed by atoms with E-state index in [1.165, 1.54) is 0 Å². The minimum atomic E-state index is 0.732. The molecule has 0 unspecified atom stereocenters. The molecule has 0 heterocycles. The van der Waals surface area contributed by atoms with Gasteiger partial charge in [-0.15, -0.1) is 0 Å². The number of benzene rings is 1. The van der Waals surface area contributed by atoms with E-state index in [0.29, 0.717) is 0 Å². The van der Waals surface area contributed by atoms with Gasteiger partial charge in [0.25, 0.3) is 0 Å². The van der Waals surface area contributed by atoms with E-state index in [2.05, 4.69) is 0 Å². The molecule has 1 rings (SSSR count). The van der Waals surface area contributed by atoms with Crippen molar-refractivity contribution in [1.82, 2.24) is 0 Å². The summed E-state index contributed by atoms with van der Waals surface area (Å²) in [6.07, 6.45) is 0. The fourth-order valence-corrected chi connectivity index (χ4v) is 0.697. The molecule has 9 heavy (non-hydrogen) atoms. The normalized spacial score (nSPS) is 9.11. The summed E-state index contributed by atoms with van der Waals surface area (Å²) in [7, 11) is 1.63. The maximum Gasteiger partial charge on any atom is 0.118 e. The van der Waals surface area contributed by atoms with Crippen molar-refractivity contribution in [3.8, 4) is 5.75 Å². The molecular weight excluding hydrogens is 136 g/mol. The molecule has 0 aliphatic rings. The van der Waals surface area contributed by atoms with E-state index in [0.717, 1.165) is 10.8 Å². The van der Waals surface area contributed by atoms with Gasteiger partial charge < -0.3 is 4.74 Å².